The first kappa shape index (κ1) is 16.6. The minimum Gasteiger partial charge on any atom is -0.493 e. The molecule has 4 aromatic rings. The Bertz CT molecular complexity index is 1150. The number of rotatable bonds is 3. The van der Waals surface area contributed by atoms with Gasteiger partial charge in [0.2, 0.25) is 0 Å². The van der Waals surface area contributed by atoms with E-state index in [1.54, 1.807) is 12.3 Å². The standard InChI is InChI=1S/C23H18N2O3/c26-23(25-19-11-13-28-21-9-4-2-7-16(19)21)17-14-20(22-10-5-12-27-22)24-18-8-3-1-6-15(17)18/h1-10,12,14,19H,11,13H2,(H,25,26)/t19-/m1/s1. The number of para-hydroxylation sites is 2. The fourth-order valence-electron chi connectivity index (χ4n) is 3.64. The molecule has 0 fully saturated rings. The highest BCUT2D eigenvalue weighted by Gasteiger charge is 2.24. The molecule has 5 rings (SSSR count). The number of pyridine rings is 1. The average Bonchev–Trinajstić information content (AvgIpc) is 3.28. The third-order valence-electron chi connectivity index (χ3n) is 5.00. The van der Waals surface area contributed by atoms with Crippen molar-refractivity contribution >= 4 is 16.8 Å². The first-order valence-electron chi connectivity index (χ1n) is 9.26. The largest absolute Gasteiger partial charge is 0.493 e. The summed E-state index contributed by atoms with van der Waals surface area (Å²) in [6.07, 6.45) is 2.34. The van der Waals surface area contributed by atoms with E-state index in [1.165, 1.54) is 0 Å². The number of nitrogens with zero attached hydrogens (tertiary/aromatic N) is 1. The Kier molecular flexibility index (Phi) is 4.05. The lowest BCUT2D eigenvalue weighted by Gasteiger charge is -2.26. The van der Waals surface area contributed by atoms with Crippen molar-refractivity contribution in [3.8, 4) is 17.2 Å². The molecule has 138 valence electrons. The van der Waals surface area contributed by atoms with Crippen LogP contribution in [0.1, 0.15) is 28.4 Å². The number of amides is 1. The van der Waals surface area contributed by atoms with Gasteiger partial charge in [0.05, 0.1) is 30.0 Å². The number of hydrogen-bond donors (Lipinski definition) is 1. The first-order valence-corrected chi connectivity index (χ1v) is 9.26. The fourth-order valence-corrected chi connectivity index (χ4v) is 3.64. The van der Waals surface area contributed by atoms with Crippen molar-refractivity contribution in [3.05, 3.63) is 84.1 Å². The molecule has 1 aliphatic rings. The number of furan rings is 1. The second kappa shape index (κ2) is 6.85. The van der Waals surface area contributed by atoms with Crippen LogP contribution in [-0.4, -0.2) is 17.5 Å². The van der Waals surface area contributed by atoms with Crippen molar-refractivity contribution in [2.75, 3.05) is 6.61 Å². The van der Waals surface area contributed by atoms with Crippen LogP contribution in [0.5, 0.6) is 5.75 Å². The maximum atomic E-state index is 13.2. The highest BCUT2D eigenvalue weighted by Crippen LogP contribution is 2.32. The number of fused-ring (bicyclic) bond motifs is 2. The third kappa shape index (κ3) is 2.91. The number of nitrogens with one attached hydrogen (secondary N) is 1. The number of ether oxygens (including phenoxy) is 1. The molecule has 1 atom stereocenters. The van der Waals surface area contributed by atoms with Gasteiger partial charge in [-0.2, -0.15) is 0 Å². The number of hydrogen-bond acceptors (Lipinski definition) is 4. The summed E-state index contributed by atoms with van der Waals surface area (Å²) >= 11 is 0. The van der Waals surface area contributed by atoms with Gasteiger partial charge in [-0.15, -0.1) is 0 Å². The normalized spacial score (nSPS) is 15.6. The summed E-state index contributed by atoms with van der Waals surface area (Å²) in [5.74, 6) is 1.33. The Morgan fingerprint density at radius 2 is 1.89 bits per heavy atom. The van der Waals surface area contributed by atoms with Crippen molar-refractivity contribution < 1.29 is 13.9 Å². The lowest BCUT2D eigenvalue weighted by atomic mass is 9.99. The molecule has 1 N–H and O–H groups in total. The monoisotopic (exact) mass is 370 g/mol. The SMILES string of the molecule is O=C(N[C@@H]1CCOc2ccccc21)c1cc(-c2ccco2)nc2ccccc12. The highest BCUT2D eigenvalue weighted by atomic mass is 16.5. The molecule has 0 aliphatic carbocycles. The van der Waals surface area contributed by atoms with E-state index in [4.69, 9.17) is 9.15 Å². The second-order valence-electron chi connectivity index (χ2n) is 6.75. The van der Waals surface area contributed by atoms with Gasteiger partial charge < -0.3 is 14.5 Å². The van der Waals surface area contributed by atoms with Crippen molar-refractivity contribution in [3.63, 3.8) is 0 Å². The summed E-state index contributed by atoms with van der Waals surface area (Å²) < 4.78 is 11.2. The van der Waals surface area contributed by atoms with Gasteiger partial charge in [0.1, 0.15) is 11.4 Å². The summed E-state index contributed by atoms with van der Waals surface area (Å²) in [6.45, 7) is 0.580. The molecule has 1 amide bonds. The van der Waals surface area contributed by atoms with E-state index in [0.717, 1.165) is 28.6 Å². The molecule has 3 heterocycles. The van der Waals surface area contributed by atoms with Crippen LogP contribution in [0.3, 0.4) is 0 Å². The Balaban J connectivity index is 1.55. The van der Waals surface area contributed by atoms with Gasteiger partial charge in [0, 0.05) is 17.4 Å². The highest BCUT2D eigenvalue weighted by molar-refractivity contribution is 6.07. The molecule has 5 nitrogen and oxygen atoms in total. The van der Waals surface area contributed by atoms with Crippen LogP contribution < -0.4 is 10.1 Å². The molecule has 2 aromatic carbocycles. The minimum atomic E-state index is -0.131. The van der Waals surface area contributed by atoms with E-state index in [9.17, 15) is 4.79 Å². The Morgan fingerprint density at radius 3 is 2.79 bits per heavy atom. The van der Waals surface area contributed by atoms with Crippen molar-refractivity contribution in [1.29, 1.82) is 0 Å². The molecular weight excluding hydrogens is 352 g/mol. The van der Waals surface area contributed by atoms with Crippen LogP contribution in [0.2, 0.25) is 0 Å². The summed E-state index contributed by atoms with van der Waals surface area (Å²) in [6, 6.07) is 20.8. The average molecular weight is 370 g/mol. The van der Waals surface area contributed by atoms with Crippen molar-refractivity contribution in [2.45, 2.75) is 12.5 Å². The topological polar surface area (TPSA) is 64.4 Å². The van der Waals surface area contributed by atoms with Gasteiger partial charge >= 0.3 is 0 Å². The number of carbonyl (C=O) groups excluding carboxylic acids is 1. The molecule has 28 heavy (non-hydrogen) atoms. The summed E-state index contributed by atoms with van der Waals surface area (Å²) in [4.78, 5) is 17.9. The fraction of sp³-hybridized carbons (Fsp3) is 0.130. The van der Waals surface area contributed by atoms with Crippen LogP contribution in [0.25, 0.3) is 22.4 Å². The van der Waals surface area contributed by atoms with Gasteiger partial charge in [0.15, 0.2) is 5.76 Å². The van der Waals surface area contributed by atoms with E-state index < -0.39 is 0 Å². The summed E-state index contributed by atoms with van der Waals surface area (Å²) in [5, 5.41) is 3.99. The van der Waals surface area contributed by atoms with Gasteiger partial charge in [-0.05, 0) is 30.3 Å². The van der Waals surface area contributed by atoms with Crippen LogP contribution in [0, 0.1) is 0 Å². The molecule has 0 saturated carbocycles. The summed E-state index contributed by atoms with van der Waals surface area (Å²) in [5.41, 5.74) is 2.99. The van der Waals surface area contributed by atoms with E-state index >= 15 is 0 Å². The van der Waals surface area contributed by atoms with Gasteiger partial charge in [-0.25, -0.2) is 4.98 Å². The molecule has 0 spiro atoms. The van der Waals surface area contributed by atoms with E-state index in [-0.39, 0.29) is 11.9 Å². The van der Waals surface area contributed by atoms with Gasteiger partial charge in [-0.3, -0.25) is 4.79 Å². The van der Waals surface area contributed by atoms with Gasteiger partial charge in [0.25, 0.3) is 5.91 Å². The Hall–Kier alpha value is -3.60. The van der Waals surface area contributed by atoms with Crippen LogP contribution in [0.15, 0.2) is 77.4 Å². The first-order chi connectivity index (χ1) is 13.8. The number of aromatic nitrogens is 1. The summed E-state index contributed by atoms with van der Waals surface area (Å²) in [7, 11) is 0. The third-order valence-corrected chi connectivity index (χ3v) is 5.00. The molecule has 1 aliphatic heterocycles. The zero-order chi connectivity index (χ0) is 18.9. The smallest absolute Gasteiger partial charge is 0.252 e. The molecule has 0 unspecified atom stereocenters. The predicted octanol–water partition coefficient (Wildman–Crippen LogP) is 4.75. The zero-order valence-electron chi connectivity index (χ0n) is 15.1. The number of carbonyl (C=O) groups is 1. The number of benzene rings is 2. The lowest BCUT2D eigenvalue weighted by Crippen LogP contribution is -2.32. The van der Waals surface area contributed by atoms with Crippen LogP contribution in [0.4, 0.5) is 0 Å². The molecule has 2 aromatic heterocycles. The quantitative estimate of drug-likeness (QED) is 0.565. The minimum absolute atomic E-state index is 0.0866. The Labute approximate surface area is 162 Å². The van der Waals surface area contributed by atoms with Gasteiger partial charge in [-0.1, -0.05) is 36.4 Å². The van der Waals surface area contributed by atoms with Crippen LogP contribution >= 0.6 is 0 Å². The zero-order valence-corrected chi connectivity index (χ0v) is 15.1. The van der Waals surface area contributed by atoms with E-state index in [0.29, 0.717) is 23.6 Å². The Morgan fingerprint density at radius 1 is 1.04 bits per heavy atom. The van der Waals surface area contributed by atoms with E-state index in [2.05, 4.69) is 10.3 Å². The molecule has 0 saturated heterocycles. The van der Waals surface area contributed by atoms with Crippen molar-refractivity contribution in [1.82, 2.24) is 10.3 Å². The molecular formula is C23H18N2O3. The van der Waals surface area contributed by atoms with Crippen LogP contribution in [-0.2, 0) is 0 Å². The predicted molar refractivity (Wildman–Crippen MR) is 106 cm³/mol. The molecule has 0 radical (unpaired) electrons. The van der Waals surface area contributed by atoms with Crippen molar-refractivity contribution in [2.24, 2.45) is 0 Å². The lowest BCUT2D eigenvalue weighted by molar-refractivity contribution is 0.0926. The van der Waals surface area contributed by atoms with E-state index in [1.807, 2.05) is 60.7 Å². The maximum Gasteiger partial charge on any atom is 0.252 e. The second-order valence-corrected chi connectivity index (χ2v) is 6.75. The molecule has 5 heteroatoms. The molecule has 0 bridgehead atoms. The maximum absolute atomic E-state index is 13.2.